The molecule has 0 amide bonds. The Morgan fingerprint density at radius 3 is 1.67 bits per heavy atom. The van der Waals surface area contributed by atoms with Gasteiger partial charge in [-0.1, -0.05) is 54.4 Å². The van der Waals surface area contributed by atoms with E-state index in [0.717, 1.165) is 21.7 Å². The Morgan fingerprint density at radius 2 is 1.33 bits per heavy atom. The van der Waals surface area contributed by atoms with Crippen LogP contribution >= 0.6 is 7.14 Å². The Balaban J connectivity index is 2.59. The van der Waals surface area contributed by atoms with Crippen molar-refractivity contribution in [3.05, 3.63) is 59.7 Å². The van der Waals surface area contributed by atoms with E-state index in [9.17, 15) is 4.57 Å². The molecule has 0 unspecified atom stereocenters. The van der Waals surface area contributed by atoms with Crippen molar-refractivity contribution in [1.29, 1.82) is 0 Å². The van der Waals surface area contributed by atoms with Crippen molar-refractivity contribution in [2.45, 2.75) is 20.8 Å². The third-order valence-corrected chi connectivity index (χ3v) is 6.40. The van der Waals surface area contributed by atoms with Crippen LogP contribution in [0.1, 0.15) is 18.1 Å². The number of benzene rings is 2. The van der Waals surface area contributed by atoms with E-state index in [1.807, 2.05) is 69.3 Å². The molecule has 0 fully saturated rings. The zero-order valence-electron chi connectivity index (χ0n) is 11.2. The second-order valence-electron chi connectivity index (χ2n) is 4.73. The van der Waals surface area contributed by atoms with Crippen LogP contribution < -0.4 is 10.6 Å². The van der Waals surface area contributed by atoms with Crippen LogP contribution in [0, 0.1) is 13.8 Å². The number of rotatable bonds is 3. The van der Waals surface area contributed by atoms with Crippen LogP contribution in [0.2, 0.25) is 0 Å². The van der Waals surface area contributed by atoms with E-state index in [1.54, 1.807) is 0 Å². The van der Waals surface area contributed by atoms with Gasteiger partial charge in [0.2, 0.25) is 0 Å². The maximum Gasteiger partial charge on any atom is 0.143 e. The zero-order valence-corrected chi connectivity index (χ0v) is 12.1. The van der Waals surface area contributed by atoms with Gasteiger partial charge < -0.3 is 4.57 Å². The van der Waals surface area contributed by atoms with E-state index < -0.39 is 7.14 Å². The van der Waals surface area contributed by atoms with E-state index in [2.05, 4.69) is 0 Å². The molecule has 0 bridgehead atoms. The largest absolute Gasteiger partial charge is 0.314 e. The molecule has 0 aromatic heterocycles. The van der Waals surface area contributed by atoms with Crippen LogP contribution in [-0.4, -0.2) is 6.16 Å². The lowest BCUT2D eigenvalue weighted by Gasteiger charge is -2.18. The molecular weight excluding hydrogens is 239 g/mol. The molecule has 0 aliphatic carbocycles. The van der Waals surface area contributed by atoms with Crippen molar-refractivity contribution in [1.82, 2.24) is 0 Å². The molecule has 0 spiro atoms. The molecule has 18 heavy (non-hydrogen) atoms. The SMILES string of the molecule is CCP(=O)(c1cccc(C)c1)c1cccc(C)c1. The van der Waals surface area contributed by atoms with Crippen molar-refractivity contribution in [2.75, 3.05) is 6.16 Å². The molecule has 2 heteroatoms. The Kier molecular flexibility index (Phi) is 3.73. The monoisotopic (exact) mass is 258 g/mol. The van der Waals surface area contributed by atoms with Gasteiger partial charge in [-0.15, -0.1) is 0 Å². The number of aryl methyl sites for hydroxylation is 2. The average Bonchev–Trinajstić information content (AvgIpc) is 2.38. The van der Waals surface area contributed by atoms with Gasteiger partial charge in [-0.2, -0.15) is 0 Å². The van der Waals surface area contributed by atoms with Crippen LogP contribution in [0.15, 0.2) is 48.5 Å². The van der Waals surface area contributed by atoms with E-state index >= 15 is 0 Å². The van der Waals surface area contributed by atoms with Gasteiger partial charge in [0.25, 0.3) is 0 Å². The fraction of sp³-hybridized carbons (Fsp3) is 0.250. The Morgan fingerprint density at radius 1 is 0.889 bits per heavy atom. The first-order valence-electron chi connectivity index (χ1n) is 6.30. The Labute approximate surface area is 109 Å². The topological polar surface area (TPSA) is 17.1 Å². The molecule has 0 atom stereocenters. The predicted molar refractivity (Wildman–Crippen MR) is 79.8 cm³/mol. The first-order chi connectivity index (χ1) is 8.56. The molecule has 94 valence electrons. The molecular formula is C16H19OP. The van der Waals surface area contributed by atoms with Gasteiger partial charge in [-0.05, 0) is 26.0 Å². The molecule has 0 saturated heterocycles. The van der Waals surface area contributed by atoms with Gasteiger partial charge in [-0.25, -0.2) is 0 Å². The van der Waals surface area contributed by atoms with Crippen molar-refractivity contribution >= 4 is 17.8 Å². The van der Waals surface area contributed by atoms with Gasteiger partial charge >= 0.3 is 0 Å². The number of hydrogen-bond acceptors (Lipinski definition) is 1. The zero-order chi connectivity index (χ0) is 13.2. The van der Waals surface area contributed by atoms with E-state index in [4.69, 9.17) is 0 Å². The summed E-state index contributed by atoms with van der Waals surface area (Å²) in [6.45, 7) is 6.09. The number of hydrogen-bond donors (Lipinski definition) is 0. The lowest BCUT2D eigenvalue weighted by atomic mass is 10.2. The quantitative estimate of drug-likeness (QED) is 0.768. The minimum Gasteiger partial charge on any atom is -0.314 e. The van der Waals surface area contributed by atoms with Crippen LogP contribution in [0.3, 0.4) is 0 Å². The lowest BCUT2D eigenvalue weighted by molar-refractivity contribution is 0.587. The molecule has 0 saturated carbocycles. The highest BCUT2D eigenvalue weighted by Crippen LogP contribution is 2.42. The summed E-state index contributed by atoms with van der Waals surface area (Å²) in [4.78, 5) is 0. The standard InChI is InChI=1S/C16H19OP/c1-4-18(17,15-9-5-7-13(2)11-15)16-10-6-8-14(3)12-16/h5-12H,4H2,1-3H3. The second-order valence-corrected chi connectivity index (χ2v) is 7.88. The maximum absolute atomic E-state index is 13.3. The van der Waals surface area contributed by atoms with Crippen LogP contribution in [0.4, 0.5) is 0 Å². The first kappa shape index (κ1) is 13.1. The first-order valence-corrected chi connectivity index (χ1v) is 8.19. The smallest absolute Gasteiger partial charge is 0.143 e. The molecule has 0 N–H and O–H groups in total. The van der Waals surface area contributed by atoms with Crippen LogP contribution in [0.5, 0.6) is 0 Å². The molecule has 2 rings (SSSR count). The Hall–Kier alpha value is -1.33. The summed E-state index contributed by atoms with van der Waals surface area (Å²) < 4.78 is 13.3. The fourth-order valence-electron chi connectivity index (χ4n) is 2.22. The van der Waals surface area contributed by atoms with Crippen LogP contribution in [0.25, 0.3) is 0 Å². The summed E-state index contributed by atoms with van der Waals surface area (Å²) in [7, 11) is -2.46. The van der Waals surface area contributed by atoms with E-state index in [-0.39, 0.29) is 0 Å². The average molecular weight is 258 g/mol. The Bertz CT molecular complexity index is 552. The third kappa shape index (κ3) is 2.42. The minimum atomic E-state index is -2.46. The molecule has 1 nitrogen and oxygen atoms in total. The van der Waals surface area contributed by atoms with Crippen LogP contribution in [-0.2, 0) is 4.57 Å². The lowest BCUT2D eigenvalue weighted by Crippen LogP contribution is -2.18. The van der Waals surface area contributed by atoms with Gasteiger partial charge in [-0.3, -0.25) is 0 Å². The van der Waals surface area contributed by atoms with Gasteiger partial charge in [0.05, 0.1) is 0 Å². The molecule has 0 heterocycles. The molecule has 2 aromatic carbocycles. The van der Waals surface area contributed by atoms with Gasteiger partial charge in [0, 0.05) is 16.8 Å². The van der Waals surface area contributed by atoms with Crippen molar-refractivity contribution < 1.29 is 4.57 Å². The highest BCUT2D eigenvalue weighted by Gasteiger charge is 2.24. The molecule has 0 aliphatic heterocycles. The summed E-state index contributed by atoms with van der Waals surface area (Å²) in [6, 6.07) is 16.1. The second kappa shape index (κ2) is 5.12. The van der Waals surface area contributed by atoms with Gasteiger partial charge in [0.1, 0.15) is 7.14 Å². The highest BCUT2D eigenvalue weighted by molar-refractivity contribution is 7.78. The predicted octanol–water partition coefficient (Wildman–Crippen LogP) is 3.64. The van der Waals surface area contributed by atoms with Crippen molar-refractivity contribution in [3.8, 4) is 0 Å². The summed E-state index contributed by atoms with van der Waals surface area (Å²) in [5.74, 6) is 0. The normalized spacial score (nSPS) is 11.5. The minimum absolute atomic E-state index is 0.667. The van der Waals surface area contributed by atoms with Crippen molar-refractivity contribution in [2.24, 2.45) is 0 Å². The van der Waals surface area contributed by atoms with Crippen molar-refractivity contribution in [3.63, 3.8) is 0 Å². The fourth-order valence-corrected chi connectivity index (χ4v) is 4.73. The van der Waals surface area contributed by atoms with Gasteiger partial charge in [0.15, 0.2) is 0 Å². The third-order valence-electron chi connectivity index (χ3n) is 3.28. The van der Waals surface area contributed by atoms with E-state index in [1.165, 1.54) is 0 Å². The molecule has 2 aromatic rings. The summed E-state index contributed by atoms with van der Waals surface area (Å²) in [5, 5.41) is 1.94. The summed E-state index contributed by atoms with van der Waals surface area (Å²) in [5.41, 5.74) is 2.32. The maximum atomic E-state index is 13.3. The molecule has 0 aliphatic rings. The van der Waals surface area contributed by atoms with E-state index in [0.29, 0.717) is 6.16 Å². The summed E-state index contributed by atoms with van der Waals surface area (Å²) >= 11 is 0. The molecule has 0 radical (unpaired) electrons. The summed E-state index contributed by atoms with van der Waals surface area (Å²) in [6.07, 6.45) is 0.667. The highest BCUT2D eigenvalue weighted by atomic mass is 31.2.